The Hall–Kier alpha value is -2.76. The van der Waals surface area contributed by atoms with Crippen molar-refractivity contribution in [3.05, 3.63) is 29.3 Å². The Morgan fingerprint density at radius 1 is 1.30 bits per heavy atom. The molecule has 2 rings (SSSR count). The Bertz CT molecular complexity index is 830. The number of rotatable bonds is 6. The van der Waals surface area contributed by atoms with Gasteiger partial charge in [-0.1, -0.05) is 0 Å². The van der Waals surface area contributed by atoms with Gasteiger partial charge in [0.15, 0.2) is 11.6 Å². The van der Waals surface area contributed by atoms with Gasteiger partial charge in [0.2, 0.25) is 11.8 Å². The van der Waals surface area contributed by atoms with E-state index >= 15 is 0 Å². The molecule has 0 aliphatic carbocycles. The Balaban J connectivity index is 2.08. The van der Waals surface area contributed by atoms with Gasteiger partial charge in [0.1, 0.15) is 6.04 Å². The van der Waals surface area contributed by atoms with Crippen LogP contribution in [0.3, 0.4) is 0 Å². The zero-order chi connectivity index (χ0) is 22.6. The Morgan fingerprint density at radius 3 is 2.60 bits per heavy atom. The average molecular weight is 435 g/mol. The van der Waals surface area contributed by atoms with Crippen molar-refractivity contribution >= 4 is 23.2 Å². The van der Waals surface area contributed by atoms with E-state index < -0.39 is 60.2 Å². The summed E-state index contributed by atoms with van der Waals surface area (Å²) in [6.07, 6.45) is -6.55. The van der Waals surface area contributed by atoms with E-state index in [1.165, 1.54) is 0 Å². The van der Waals surface area contributed by atoms with Gasteiger partial charge in [0.25, 0.3) is 0 Å². The van der Waals surface area contributed by atoms with Crippen molar-refractivity contribution < 1.29 is 31.5 Å². The molecule has 0 spiro atoms. The number of carbonyl (C=O) groups is 2. The van der Waals surface area contributed by atoms with E-state index in [0.29, 0.717) is 0 Å². The summed E-state index contributed by atoms with van der Waals surface area (Å²) in [5, 5.41) is 10.3. The number of anilines is 1. The van der Waals surface area contributed by atoms with Crippen LogP contribution in [0.5, 0.6) is 0 Å². The molecular formula is C18H22F5N5O2. The van der Waals surface area contributed by atoms with Gasteiger partial charge in [-0.2, -0.15) is 13.2 Å². The predicted molar refractivity (Wildman–Crippen MR) is 98.6 cm³/mol. The van der Waals surface area contributed by atoms with E-state index in [-0.39, 0.29) is 37.2 Å². The lowest BCUT2D eigenvalue weighted by Gasteiger charge is -2.30. The Kier molecular flexibility index (Phi) is 7.34. The van der Waals surface area contributed by atoms with Gasteiger partial charge in [0.05, 0.1) is 12.1 Å². The molecule has 1 unspecified atom stereocenters. The topological polar surface area (TPSA) is 125 Å². The number of nitrogens with two attached hydrogens (primary N) is 2. The van der Waals surface area contributed by atoms with Crippen LogP contribution in [0, 0.1) is 17.0 Å². The largest absolute Gasteiger partial charge is 0.396 e. The van der Waals surface area contributed by atoms with Crippen molar-refractivity contribution in [3.8, 4) is 0 Å². The number of nitrogens with one attached hydrogen (secondary N) is 2. The highest BCUT2D eigenvalue weighted by Crippen LogP contribution is 2.26. The van der Waals surface area contributed by atoms with Crippen LogP contribution < -0.4 is 16.8 Å². The molecule has 0 aromatic heterocycles. The number of carbonyl (C=O) groups excluding carboxylic acids is 2. The Labute approximate surface area is 169 Å². The highest BCUT2D eigenvalue weighted by atomic mass is 19.4. The van der Waals surface area contributed by atoms with Crippen LogP contribution in [0.4, 0.5) is 27.6 Å². The molecule has 0 radical (unpaired) electrons. The van der Waals surface area contributed by atoms with Crippen LogP contribution in [0.1, 0.15) is 31.2 Å². The lowest BCUT2D eigenvalue weighted by atomic mass is 9.99. The minimum absolute atomic E-state index is 0.0569. The fraction of sp³-hybridized carbons (Fsp3) is 0.500. The second-order valence-corrected chi connectivity index (χ2v) is 7.04. The van der Waals surface area contributed by atoms with Crippen LogP contribution >= 0.6 is 0 Å². The molecule has 1 aromatic carbocycles. The zero-order valence-corrected chi connectivity index (χ0v) is 15.9. The summed E-state index contributed by atoms with van der Waals surface area (Å²) >= 11 is 0. The first kappa shape index (κ1) is 23.5. The van der Waals surface area contributed by atoms with Gasteiger partial charge in [-0.15, -0.1) is 0 Å². The van der Waals surface area contributed by atoms with Gasteiger partial charge < -0.3 is 27.1 Å². The minimum Gasteiger partial charge on any atom is -0.396 e. The lowest BCUT2D eigenvalue weighted by Crippen LogP contribution is -2.50. The number of hydrogen-bond donors (Lipinski definition) is 4. The average Bonchev–Trinajstić information content (AvgIpc) is 2.80. The summed E-state index contributed by atoms with van der Waals surface area (Å²) in [5.41, 5.74) is 10.4. The first-order valence-corrected chi connectivity index (χ1v) is 9.11. The van der Waals surface area contributed by atoms with E-state index in [9.17, 15) is 31.5 Å². The number of benzene rings is 1. The highest BCUT2D eigenvalue weighted by Gasteiger charge is 2.41. The number of hydrogen-bond acceptors (Lipinski definition) is 5. The predicted octanol–water partition coefficient (Wildman–Crippen LogP) is 1.69. The number of nitrogen functional groups attached to an aromatic ring is 1. The first-order chi connectivity index (χ1) is 13.9. The van der Waals surface area contributed by atoms with Crippen molar-refractivity contribution in [3.63, 3.8) is 0 Å². The molecule has 1 aliphatic heterocycles. The number of alkyl halides is 3. The lowest BCUT2D eigenvalue weighted by molar-refractivity contribution is -0.161. The van der Waals surface area contributed by atoms with Crippen molar-refractivity contribution in [2.45, 2.75) is 43.9 Å². The van der Waals surface area contributed by atoms with E-state index in [1.54, 1.807) is 0 Å². The maximum absolute atomic E-state index is 13.6. The zero-order valence-electron chi connectivity index (χ0n) is 15.9. The molecule has 1 saturated heterocycles. The van der Waals surface area contributed by atoms with Gasteiger partial charge in [-0.05, 0) is 18.6 Å². The quantitative estimate of drug-likeness (QED) is 0.308. The van der Waals surface area contributed by atoms with Crippen LogP contribution in [0.25, 0.3) is 0 Å². The van der Waals surface area contributed by atoms with Gasteiger partial charge in [-0.3, -0.25) is 9.59 Å². The SMILES string of the molecule is N=C(CC(N)CC(=O)N1CCCNC(=O)[C@H]1CC(F)(F)F)c1ccc(F)c(F)c1N. The molecule has 166 valence electrons. The standard InChI is InChI=1S/C18H22F5N5O2/c19-11-3-2-10(16(26)15(11)20)12(25)6-9(24)7-14(29)28-5-1-4-27-17(30)13(28)8-18(21,22)23/h2-3,9,13,25H,1,4-8,24,26H2,(H,27,30)/t9?,13-/m1/s1. The van der Waals surface area contributed by atoms with E-state index in [0.717, 1.165) is 17.0 Å². The summed E-state index contributed by atoms with van der Waals surface area (Å²) in [6, 6.07) is -0.809. The molecule has 0 saturated carbocycles. The van der Waals surface area contributed by atoms with Crippen LogP contribution in [-0.2, 0) is 9.59 Å². The second-order valence-electron chi connectivity index (χ2n) is 7.04. The summed E-state index contributed by atoms with van der Waals surface area (Å²) in [6.45, 7) is 0.0850. The monoisotopic (exact) mass is 435 g/mol. The molecule has 1 aliphatic rings. The minimum atomic E-state index is -4.65. The van der Waals surface area contributed by atoms with E-state index in [4.69, 9.17) is 16.9 Å². The fourth-order valence-corrected chi connectivity index (χ4v) is 3.21. The van der Waals surface area contributed by atoms with Crippen molar-refractivity contribution in [1.29, 1.82) is 5.41 Å². The third kappa shape index (κ3) is 5.88. The van der Waals surface area contributed by atoms with Crippen molar-refractivity contribution in [2.24, 2.45) is 5.73 Å². The Morgan fingerprint density at radius 2 is 1.97 bits per heavy atom. The molecule has 12 heteroatoms. The maximum Gasteiger partial charge on any atom is 0.391 e. The molecule has 7 nitrogen and oxygen atoms in total. The highest BCUT2D eigenvalue weighted by molar-refractivity contribution is 6.03. The van der Waals surface area contributed by atoms with Gasteiger partial charge in [0, 0.05) is 43.2 Å². The van der Waals surface area contributed by atoms with Crippen molar-refractivity contribution in [2.75, 3.05) is 18.8 Å². The molecule has 2 amide bonds. The maximum atomic E-state index is 13.6. The van der Waals surface area contributed by atoms with Crippen LogP contribution in [0.15, 0.2) is 12.1 Å². The third-order valence-electron chi connectivity index (χ3n) is 4.66. The smallest absolute Gasteiger partial charge is 0.391 e. The molecule has 1 fully saturated rings. The number of nitrogens with zero attached hydrogens (tertiary/aromatic N) is 1. The van der Waals surface area contributed by atoms with Crippen LogP contribution in [0.2, 0.25) is 0 Å². The normalized spacial score (nSPS) is 18.5. The number of halogens is 5. The summed E-state index contributed by atoms with van der Waals surface area (Å²) in [5.74, 6) is -4.15. The third-order valence-corrected chi connectivity index (χ3v) is 4.66. The van der Waals surface area contributed by atoms with E-state index in [2.05, 4.69) is 5.32 Å². The molecule has 2 atom stereocenters. The molecule has 30 heavy (non-hydrogen) atoms. The number of amides is 2. The summed E-state index contributed by atoms with van der Waals surface area (Å²) < 4.78 is 65.3. The van der Waals surface area contributed by atoms with Crippen LogP contribution in [-0.4, -0.2) is 53.8 Å². The molecule has 6 N–H and O–H groups in total. The van der Waals surface area contributed by atoms with E-state index in [1.807, 2.05) is 0 Å². The van der Waals surface area contributed by atoms with Crippen molar-refractivity contribution in [1.82, 2.24) is 10.2 Å². The van der Waals surface area contributed by atoms with Gasteiger partial charge in [-0.25, -0.2) is 8.78 Å². The summed E-state index contributed by atoms with van der Waals surface area (Å²) in [7, 11) is 0. The summed E-state index contributed by atoms with van der Waals surface area (Å²) in [4.78, 5) is 25.4. The first-order valence-electron chi connectivity index (χ1n) is 9.11. The molecule has 0 bridgehead atoms. The van der Waals surface area contributed by atoms with Gasteiger partial charge >= 0.3 is 6.18 Å². The second kappa shape index (κ2) is 9.37. The fourth-order valence-electron chi connectivity index (χ4n) is 3.21. The molecular weight excluding hydrogens is 413 g/mol. The molecule has 1 aromatic rings. The molecule has 1 heterocycles.